The third-order valence-corrected chi connectivity index (χ3v) is 4.49. The summed E-state index contributed by atoms with van der Waals surface area (Å²) in [4.78, 5) is 23.2. The molecule has 0 saturated carbocycles. The monoisotopic (exact) mass is 324 g/mol. The topological polar surface area (TPSA) is 58.1 Å². The standard InChI is InChI=1S/C19H24N4O/c1-3-15-6-8-16(9-7-15)22-19(24)17-11-18(21-13-20-17)23-10-4-5-14(2)12-23/h6-9,11,13-14H,3-5,10,12H2,1-2H3,(H,22,24). The van der Waals surface area contributed by atoms with Crippen LogP contribution >= 0.6 is 0 Å². The molecule has 126 valence electrons. The van der Waals surface area contributed by atoms with E-state index >= 15 is 0 Å². The molecule has 1 aromatic carbocycles. The van der Waals surface area contributed by atoms with E-state index in [-0.39, 0.29) is 5.91 Å². The van der Waals surface area contributed by atoms with Crippen molar-refractivity contribution in [1.82, 2.24) is 9.97 Å². The third kappa shape index (κ3) is 3.91. The summed E-state index contributed by atoms with van der Waals surface area (Å²) in [6.45, 7) is 6.33. The summed E-state index contributed by atoms with van der Waals surface area (Å²) >= 11 is 0. The van der Waals surface area contributed by atoms with Gasteiger partial charge in [0.25, 0.3) is 5.91 Å². The highest BCUT2D eigenvalue weighted by atomic mass is 16.1. The molecule has 1 atom stereocenters. The summed E-state index contributed by atoms with van der Waals surface area (Å²) in [7, 11) is 0. The van der Waals surface area contributed by atoms with Gasteiger partial charge in [0.15, 0.2) is 0 Å². The second-order valence-electron chi connectivity index (χ2n) is 6.46. The Hall–Kier alpha value is -2.43. The molecule has 5 nitrogen and oxygen atoms in total. The van der Waals surface area contributed by atoms with Gasteiger partial charge in [0.05, 0.1) is 0 Å². The van der Waals surface area contributed by atoms with Gasteiger partial charge in [-0.2, -0.15) is 0 Å². The predicted molar refractivity (Wildman–Crippen MR) is 96.4 cm³/mol. The summed E-state index contributed by atoms with van der Waals surface area (Å²) in [6, 6.07) is 9.68. The third-order valence-electron chi connectivity index (χ3n) is 4.49. The molecule has 0 radical (unpaired) electrons. The second-order valence-corrected chi connectivity index (χ2v) is 6.46. The van der Waals surface area contributed by atoms with E-state index in [0.29, 0.717) is 11.6 Å². The van der Waals surface area contributed by atoms with Gasteiger partial charge in [-0.25, -0.2) is 9.97 Å². The van der Waals surface area contributed by atoms with Crippen molar-refractivity contribution in [2.75, 3.05) is 23.3 Å². The van der Waals surface area contributed by atoms with E-state index in [1.165, 1.54) is 18.3 Å². The van der Waals surface area contributed by atoms with Crippen LogP contribution in [-0.2, 0) is 6.42 Å². The number of carbonyl (C=O) groups is 1. The molecular weight excluding hydrogens is 300 g/mol. The minimum Gasteiger partial charge on any atom is -0.356 e. The fourth-order valence-corrected chi connectivity index (χ4v) is 3.06. The molecule has 0 bridgehead atoms. The first-order valence-electron chi connectivity index (χ1n) is 8.63. The highest BCUT2D eigenvalue weighted by Crippen LogP contribution is 2.21. The molecule has 0 aliphatic carbocycles. The van der Waals surface area contributed by atoms with Crippen LogP contribution < -0.4 is 10.2 Å². The molecule has 1 unspecified atom stereocenters. The van der Waals surface area contributed by atoms with E-state index in [1.54, 1.807) is 6.07 Å². The molecule has 1 amide bonds. The number of anilines is 2. The average Bonchev–Trinajstić information content (AvgIpc) is 2.62. The van der Waals surface area contributed by atoms with Crippen LogP contribution in [0, 0.1) is 5.92 Å². The Balaban J connectivity index is 1.71. The van der Waals surface area contributed by atoms with Gasteiger partial charge in [0, 0.05) is 24.8 Å². The molecule has 1 N–H and O–H groups in total. The highest BCUT2D eigenvalue weighted by molar-refractivity contribution is 6.03. The van der Waals surface area contributed by atoms with Crippen molar-refractivity contribution >= 4 is 17.4 Å². The Morgan fingerprint density at radius 3 is 2.79 bits per heavy atom. The van der Waals surface area contributed by atoms with Crippen LogP contribution in [0.15, 0.2) is 36.7 Å². The van der Waals surface area contributed by atoms with Crippen LogP contribution in [-0.4, -0.2) is 29.0 Å². The number of hydrogen-bond donors (Lipinski definition) is 1. The average molecular weight is 324 g/mol. The minimum atomic E-state index is -0.201. The SMILES string of the molecule is CCc1ccc(NC(=O)c2cc(N3CCCC(C)C3)ncn2)cc1. The molecule has 24 heavy (non-hydrogen) atoms. The molecular formula is C19H24N4O. The maximum absolute atomic E-state index is 12.4. The number of aryl methyl sites for hydroxylation is 1. The van der Waals surface area contributed by atoms with Gasteiger partial charge in [0.2, 0.25) is 0 Å². The van der Waals surface area contributed by atoms with Crippen LogP contribution in [0.25, 0.3) is 0 Å². The van der Waals surface area contributed by atoms with Gasteiger partial charge in [-0.1, -0.05) is 26.0 Å². The van der Waals surface area contributed by atoms with Crippen molar-refractivity contribution in [3.63, 3.8) is 0 Å². The molecule has 1 aliphatic heterocycles. The maximum Gasteiger partial charge on any atom is 0.274 e. The first kappa shape index (κ1) is 16.4. The zero-order valence-electron chi connectivity index (χ0n) is 14.3. The Morgan fingerprint density at radius 1 is 1.29 bits per heavy atom. The smallest absolute Gasteiger partial charge is 0.274 e. The number of carbonyl (C=O) groups excluding carboxylic acids is 1. The van der Waals surface area contributed by atoms with E-state index in [4.69, 9.17) is 0 Å². The molecule has 5 heteroatoms. The predicted octanol–water partition coefficient (Wildman–Crippen LogP) is 3.53. The number of benzene rings is 1. The van der Waals surface area contributed by atoms with Crippen LogP contribution in [0.3, 0.4) is 0 Å². The van der Waals surface area contributed by atoms with Crippen molar-refractivity contribution in [2.45, 2.75) is 33.1 Å². The van der Waals surface area contributed by atoms with Crippen molar-refractivity contribution in [3.8, 4) is 0 Å². The van der Waals surface area contributed by atoms with Crippen LogP contribution in [0.1, 0.15) is 42.7 Å². The Bertz CT molecular complexity index is 699. The Morgan fingerprint density at radius 2 is 2.08 bits per heavy atom. The summed E-state index contributed by atoms with van der Waals surface area (Å²) < 4.78 is 0. The fourth-order valence-electron chi connectivity index (χ4n) is 3.06. The second kappa shape index (κ2) is 7.43. The lowest BCUT2D eigenvalue weighted by molar-refractivity contribution is 0.102. The minimum absolute atomic E-state index is 0.201. The van der Waals surface area contributed by atoms with Crippen molar-refractivity contribution in [2.24, 2.45) is 5.92 Å². The molecule has 1 aromatic heterocycles. The van der Waals surface area contributed by atoms with Crippen molar-refractivity contribution in [3.05, 3.63) is 47.9 Å². The van der Waals surface area contributed by atoms with Crippen molar-refractivity contribution in [1.29, 1.82) is 0 Å². The van der Waals surface area contributed by atoms with Crippen LogP contribution in [0.5, 0.6) is 0 Å². The summed E-state index contributed by atoms with van der Waals surface area (Å²) in [5, 5.41) is 2.90. The van der Waals surface area contributed by atoms with Gasteiger partial charge in [-0.15, -0.1) is 0 Å². The lowest BCUT2D eigenvalue weighted by Crippen LogP contribution is -2.35. The van der Waals surface area contributed by atoms with Gasteiger partial charge >= 0.3 is 0 Å². The number of hydrogen-bond acceptors (Lipinski definition) is 4. The van der Waals surface area contributed by atoms with E-state index in [0.717, 1.165) is 37.4 Å². The molecule has 3 rings (SSSR count). The quantitative estimate of drug-likeness (QED) is 0.935. The molecule has 1 saturated heterocycles. The van der Waals surface area contributed by atoms with Gasteiger partial charge < -0.3 is 10.2 Å². The highest BCUT2D eigenvalue weighted by Gasteiger charge is 2.19. The Labute approximate surface area is 143 Å². The number of rotatable bonds is 4. The zero-order chi connectivity index (χ0) is 16.9. The van der Waals surface area contributed by atoms with Crippen LogP contribution in [0.4, 0.5) is 11.5 Å². The zero-order valence-corrected chi connectivity index (χ0v) is 14.3. The summed E-state index contributed by atoms with van der Waals surface area (Å²) in [5.74, 6) is 1.29. The van der Waals surface area contributed by atoms with Gasteiger partial charge in [-0.05, 0) is 42.9 Å². The fraction of sp³-hybridized carbons (Fsp3) is 0.421. The van der Waals surface area contributed by atoms with Crippen molar-refractivity contribution < 1.29 is 4.79 Å². The Kier molecular flexibility index (Phi) is 5.08. The number of piperidine rings is 1. The summed E-state index contributed by atoms with van der Waals surface area (Å²) in [5.41, 5.74) is 2.43. The number of nitrogens with zero attached hydrogens (tertiary/aromatic N) is 3. The van der Waals surface area contributed by atoms with Gasteiger partial charge in [-0.3, -0.25) is 4.79 Å². The van der Waals surface area contributed by atoms with Gasteiger partial charge in [0.1, 0.15) is 17.8 Å². The molecule has 0 spiro atoms. The normalized spacial score (nSPS) is 17.6. The van der Waals surface area contributed by atoms with E-state index in [1.807, 2.05) is 24.3 Å². The first-order chi connectivity index (χ1) is 11.7. The van der Waals surface area contributed by atoms with Crippen LogP contribution in [0.2, 0.25) is 0 Å². The molecule has 1 fully saturated rings. The number of nitrogens with one attached hydrogen (secondary N) is 1. The first-order valence-corrected chi connectivity index (χ1v) is 8.63. The maximum atomic E-state index is 12.4. The lowest BCUT2D eigenvalue weighted by atomic mass is 10.0. The summed E-state index contributed by atoms with van der Waals surface area (Å²) in [6.07, 6.45) is 4.88. The lowest BCUT2D eigenvalue weighted by Gasteiger charge is -2.31. The van der Waals surface area contributed by atoms with E-state index in [2.05, 4.69) is 34.0 Å². The largest absolute Gasteiger partial charge is 0.356 e. The molecule has 2 heterocycles. The molecule has 1 aliphatic rings. The van der Waals surface area contributed by atoms with E-state index in [9.17, 15) is 4.79 Å². The number of amides is 1. The molecule has 2 aromatic rings. The van der Waals surface area contributed by atoms with E-state index < -0.39 is 0 Å². The number of aromatic nitrogens is 2.